The van der Waals surface area contributed by atoms with Gasteiger partial charge in [-0.3, -0.25) is 0 Å². The lowest BCUT2D eigenvalue weighted by atomic mass is 9.62. The van der Waals surface area contributed by atoms with Crippen LogP contribution in [0.5, 0.6) is 0 Å². The normalized spacial score (nSPS) is 13.6. The van der Waals surface area contributed by atoms with Crippen molar-refractivity contribution in [3.8, 4) is 22.3 Å². The third kappa shape index (κ3) is 7.70. The van der Waals surface area contributed by atoms with Crippen LogP contribution in [0, 0.1) is 0 Å². The van der Waals surface area contributed by atoms with Crippen molar-refractivity contribution < 1.29 is 0 Å². The van der Waals surface area contributed by atoms with Crippen LogP contribution in [0.4, 0.5) is 0 Å². The molecule has 2 aliphatic heterocycles. The van der Waals surface area contributed by atoms with Crippen LogP contribution in [-0.4, -0.2) is 0 Å². The van der Waals surface area contributed by atoms with Gasteiger partial charge in [-0.05, 0) is 134 Å². The maximum Gasteiger partial charge on any atom is 0.0735 e. The van der Waals surface area contributed by atoms with Gasteiger partial charge in [-0.25, -0.2) is 0 Å². The second kappa shape index (κ2) is 19.9. The van der Waals surface area contributed by atoms with Gasteiger partial charge in [0.2, 0.25) is 0 Å². The maximum atomic E-state index is 2.38. The maximum absolute atomic E-state index is 2.38. The summed E-state index contributed by atoms with van der Waals surface area (Å²) in [5.74, 6) is 0. The first kappa shape index (κ1) is 48.0. The highest BCUT2D eigenvalue weighted by molar-refractivity contribution is 7.99. The summed E-state index contributed by atoms with van der Waals surface area (Å²) in [6.45, 7) is 0. The third-order valence-electron chi connectivity index (χ3n) is 16.8. The largest absolute Gasteiger partial charge is 0.0894 e. The summed E-state index contributed by atoms with van der Waals surface area (Å²) < 4.78 is 0. The molecule has 2 aliphatic rings. The molecule has 0 bridgehead atoms. The van der Waals surface area contributed by atoms with Crippen molar-refractivity contribution in [1.29, 1.82) is 0 Å². The topological polar surface area (TPSA) is 0 Å². The Morgan fingerprint density at radius 1 is 0.175 bits per heavy atom. The van der Waals surface area contributed by atoms with E-state index in [0.29, 0.717) is 0 Å². The lowest BCUT2D eigenvalue weighted by Crippen LogP contribution is -2.34. The Bertz CT molecular complexity index is 4310. The highest BCUT2D eigenvalue weighted by Gasteiger charge is 2.48. The van der Waals surface area contributed by atoms with Gasteiger partial charge in [-0.15, -0.1) is 0 Å². The van der Waals surface area contributed by atoms with Gasteiger partial charge in [0.05, 0.1) is 10.8 Å². The first-order chi connectivity index (χ1) is 39.7. The van der Waals surface area contributed by atoms with E-state index in [2.05, 4.69) is 315 Å². The summed E-state index contributed by atoms with van der Waals surface area (Å²) in [6, 6.07) is 116. The molecule has 0 amide bonds. The fourth-order valence-corrected chi connectivity index (χ4v) is 15.8. The lowest BCUT2D eigenvalue weighted by molar-refractivity contribution is 0.718. The van der Waals surface area contributed by atoms with Crippen molar-refractivity contribution in [1.82, 2.24) is 0 Å². The van der Waals surface area contributed by atoms with Gasteiger partial charge in [0.1, 0.15) is 0 Å². The molecule has 0 unspecified atom stereocenters. The second-order valence-electron chi connectivity index (χ2n) is 21.0. The molecule has 376 valence electrons. The quantitative estimate of drug-likeness (QED) is 0.163. The van der Waals surface area contributed by atoms with Gasteiger partial charge >= 0.3 is 0 Å². The van der Waals surface area contributed by atoms with Gasteiger partial charge in [0.15, 0.2) is 0 Å². The minimum atomic E-state index is -0.553. The number of hydrogen-bond donors (Lipinski definition) is 0. The molecule has 0 nitrogen and oxygen atoms in total. The standard InChI is InChI=1S/C45H30S.C33H22S/c1-3-11-31(12-4-1)33-19-25-37(26-20-33)45(38-27-21-34(22-28-38)32-13-5-2-6-14-32)43-39-17-9-7-15-35(39)23-29-41(43)46-42-30-24-36-16-8-10-18-40(36)44(42)45;1-3-13-25(14-4-1)33(26-15-5-2-6-16-26)31-27-17-9-7-11-23(27)19-21-29(31)34-30-22-20-24-12-8-10-18-28(24)32(30)33/h1-30H;1-22H. The Morgan fingerprint density at radius 2 is 0.400 bits per heavy atom. The van der Waals surface area contributed by atoms with E-state index >= 15 is 0 Å². The molecule has 0 atom stereocenters. The van der Waals surface area contributed by atoms with E-state index < -0.39 is 10.8 Å². The number of fused-ring (bicyclic) bond motifs is 12. The average Bonchev–Trinajstić information content (AvgIpc) is 3.72. The molecule has 80 heavy (non-hydrogen) atoms. The summed E-state index contributed by atoms with van der Waals surface area (Å²) in [4.78, 5) is 5.27. The molecule has 0 aliphatic carbocycles. The number of benzene rings is 14. The van der Waals surface area contributed by atoms with E-state index in [-0.39, 0.29) is 0 Å². The fourth-order valence-electron chi connectivity index (χ4n) is 13.3. The first-order valence-corrected chi connectivity index (χ1v) is 29.2. The van der Waals surface area contributed by atoms with Crippen LogP contribution in [0.3, 0.4) is 0 Å². The molecule has 14 aromatic rings. The minimum absolute atomic E-state index is 0.430. The predicted molar refractivity (Wildman–Crippen MR) is 339 cm³/mol. The Balaban J connectivity index is 0.000000144. The van der Waals surface area contributed by atoms with E-state index in [1.807, 2.05) is 23.5 Å². The molecule has 0 N–H and O–H groups in total. The Labute approximate surface area is 476 Å². The molecule has 0 radical (unpaired) electrons. The van der Waals surface area contributed by atoms with Gasteiger partial charge in [0.25, 0.3) is 0 Å². The molecule has 14 aromatic carbocycles. The van der Waals surface area contributed by atoms with Gasteiger partial charge in [0, 0.05) is 19.6 Å². The van der Waals surface area contributed by atoms with Crippen LogP contribution in [0.1, 0.15) is 44.5 Å². The molecule has 2 heteroatoms. The summed E-state index contributed by atoms with van der Waals surface area (Å²) in [5, 5.41) is 10.3. The van der Waals surface area contributed by atoms with E-state index in [4.69, 9.17) is 0 Å². The van der Waals surface area contributed by atoms with Gasteiger partial charge in [-0.1, -0.05) is 315 Å². The molecule has 2 heterocycles. The molecule has 0 saturated heterocycles. The average molecular weight is 1050 g/mol. The van der Waals surface area contributed by atoms with Crippen molar-refractivity contribution in [2.45, 2.75) is 30.4 Å². The SMILES string of the molecule is c1ccc(-c2ccc(C3(c4ccc(-c5ccccc5)cc4)c4c(ccc5ccccc45)Sc4ccc5ccccc5c43)cc2)cc1.c1ccc(C2(c3ccccc3)c3c(ccc4ccccc34)Sc3ccc4ccccc4c32)cc1. The van der Waals surface area contributed by atoms with Crippen LogP contribution < -0.4 is 0 Å². The molecular weight excluding hydrogens is 1000 g/mol. The molecule has 0 fully saturated rings. The van der Waals surface area contributed by atoms with Crippen molar-refractivity contribution in [2.24, 2.45) is 0 Å². The Kier molecular flexibility index (Phi) is 12.0. The molecule has 16 rings (SSSR count). The zero-order valence-corrected chi connectivity index (χ0v) is 45.5. The zero-order chi connectivity index (χ0) is 53.0. The second-order valence-corrected chi connectivity index (χ2v) is 23.1. The van der Waals surface area contributed by atoms with Crippen molar-refractivity contribution in [2.75, 3.05) is 0 Å². The molecule has 0 saturated carbocycles. The van der Waals surface area contributed by atoms with E-state index in [1.54, 1.807) is 0 Å². The highest BCUT2D eigenvalue weighted by Crippen LogP contribution is 2.61. The van der Waals surface area contributed by atoms with Crippen LogP contribution in [-0.2, 0) is 10.8 Å². The van der Waals surface area contributed by atoms with Gasteiger partial charge < -0.3 is 0 Å². The van der Waals surface area contributed by atoms with Crippen molar-refractivity contribution in [3.05, 3.63) is 360 Å². The minimum Gasteiger partial charge on any atom is -0.0894 e. The Morgan fingerprint density at radius 3 is 0.688 bits per heavy atom. The third-order valence-corrected chi connectivity index (χ3v) is 19.0. The van der Waals surface area contributed by atoms with Crippen LogP contribution >= 0.6 is 23.5 Å². The van der Waals surface area contributed by atoms with E-state index in [1.165, 1.54) is 129 Å². The van der Waals surface area contributed by atoms with Crippen molar-refractivity contribution in [3.63, 3.8) is 0 Å². The van der Waals surface area contributed by atoms with Crippen LogP contribution in [0.2, 0.25) is 0 Å². The number of rotatable bonds is 6. The fraction of sp³-hybridized carbons (Fsp3) is 0.0256. The smallest absolute Gasteiger partial charge is 0.0735 e. The highest BCUT2D eigenvalue weighted by atomic mass is 32.2. The summed E-state index contributed by atoms with van der Waals surface area (Å²) in [6.07, 6.45) is 0. The predicted octanol–water partition coefficient (Wildman–Crippen LogP) is 21.0. The molecule has 0 spiro atoms. The summed E-state index contributed by atoms with van der Waals surface area (Å²) >= 11 is 3.81. The summed E-state index contributed by atoms with van der Waals surface area (Å²) in [7, 11) is 0. The van der Waals surface area contributed by atoms with E-state index in [9.17, 15) is 0 Å². The van der Waals surface area contributed by atoms with Crippen LogP contribution in [0.25, 0.3) is 65.3 Å². The lowest BCUT2D eigenvalue weighted by Gasteiger charge is -2.43. The van der Waals surface area contributed by atoms with E-state index in [0.717, 1.165) is 0 Å². The molecule has 0 aromatic heterocycles. The monoisotopic (exact) mass is 1050 g/mol. The van der Waals surface area contributed by atoms with Crippen LogP contribution in [0.15, 0.2) is 335 Å². The van der Waals surface area contributed by atoms with Gasteiger partial charge in [-0.2, -0.15) is 0 Å². The van der Waals surface area contributed by atoms with Crippen molar-refractivity contribution >= 4 is 66.6 Å². The molecular formula is C78H52S2. The Hall–Kier alpha value is -9.18. The zero-order valence-electron chi connectivity index (χ0n) is 43.8. The summed E-state index contributed by atoms with van der Waals surface area (Å²) in [5.41, 5.74) is 14.6. The number of hydrogen-bond acceptors (Lipinski definition) is 2. The first-order valence-electron chi connectivity index (χ1n) is 27.6.